The Balaban J connectivity index is 3.28. The fraction of sp³-hybridized carbons (Fsp3) is 0.600. The van der Waals surface area contributed by atoms with E-state index in [4.69, 9.17) is 12.2 Å². The topological polar surface area (TPSA) is 26.3 Å². The van der Waals surface area contributed by atoms with Crippen molar-refractivity contribution in [3.05, 3.63) is 0 Å². The first-order valence-corrected chi connectivity index (χ1v) is 4.40. The summed E-state index contributed by atoms with van der Waals surface area (Å²) in [6.45, 7) is 2.26. The van der Waals surface area contributed by atoms with Crippen molar-refractivity contribution in [1.29, 1.82) is 0 Å². The van der Waals surface area contributed by atoms with Crippen LogP contribution < -0.4 is 0 Å². The minimum absolute atomic E-state index is 0.182. The molecule has 0 saturated heterocycles. The molecule has 0 aliphatic rings. The zero-order chi connectivity index (χ0) is 7.28. The summed E-state index contributed by atoms with van der Waals surface area (Å²) in [5.74, 6) is 0. The van der Waals surface area contributed by atoms with Crippen LogP contribution in [-0.4, -0.2) is 38.0 Å². The Morgan fingerprint density at radius 3 is 2.67 bits per heavy atom. The van der Waals surface area contributed by atoms with Crippen LogP contribution in [-0.2, 0) is 4.74 Å². The fourth-order valence-electron chi connectivity index (χ4n) is 0.248. The normalized spacial score (nSPS) is 8.67. The first-order valence-electron chi connectivity index (χ1n) is 2.57. The van der Waals surface area contributed by atoms with E-state index in [1.165, 1.54) is 0 Å². The van der Waals surface area contributed by atoms with Gasteiger partial charge < -0.3 is 0 Å². The summed E-state index contributed by atoms with van der Waals surface area (Å²) in [4.78, 5) is 11.0. The van der Waals surface area contributed by atoms with E-state index in [-0.39, 0.29) is 3.99 Å². The van der Waals surface area contributed by atoms with Crippen LogP contribution in [0.1, 0.15) is 13.3 Å². The molecule has 0 N–H and O–H groups in total. The standard InChI is InChI=1S/C5H7O2S.Sn/c1-2-5(8)3-7-4-6;/h2-3H2,1H3;. The van der Waals surface area contributed by atoms with E-state index >= 15 is 0 Å². The van der Waals surface area contributed by atoms with Gasteiger partial charge in [0, 0.05) is 0 Å². The van der Waals surface area contributed by atoms with E-state index in [9.17, 15) is 4.79 Å². The zero-order valence-electron chi connectivity index (χ0n) is 5.14. The third-order valence-electron chi connectivity index (χ3n) is 0.759. The van der Waals surface area contributed by atoms with Gasteiger partial charge in [0.05, 0.1) is 0 Å². The summed E-state index contributed by atoms with van der Waals surface area (Å²) < 4.78 is 4.47. The number of carbonyl (C=O) groups excluding carboxylic acids is 1. The number of hydrogen-bond donors (Lipinski definition) is 0. The number of carbonyl (C=O) groups is 1. The van der Waals surface area contributed by atoms with Crippen LogP contribution >= 0.6 is 12.2 Å². The molecule has 3 radical (unpaired) electrons. The van der Waals surface area contributed by atoms with Crippen molar-refractivity contribution in [3.63, 3.8) is 0 Å². The van der Waals surface area contributed by atoms with Crippen molar-refractivity contribution in [3.8, 4) is 0 Å². The van der Waals surface area contributed by atoms with E-state index in [2.05, 4.69) is 4.74 Å². The molecule has 0 unspecified atom stereocenters. The minimum atomic E-state index is -0.182. The van der Waals surface area contributed by atoms with E-state index in [0.29, 0.717) is 6.61 Å². The molecule has 0 bridgehead atoms. The van der Waals surface area contributed by atoms with Crippen LogP contribution in [0.3, 0.4) is 0 Å². The van der Waals surface area contributed by atoms with Gasteiger partial charge in [-0.25, -0.2) is 0 Å². The molecule has 0 heterocycles. The van der Waals surface area contributed by atoms with E-state index in [0.717, 1.165) is 33.8 Å². The van der Waals surface area contributed by atoms with Crippen LogP contribution in [0.4, 0.5) is 4.79 Å². The molecule has 0 aromatic carbocycles. The van der Waals surface area contributed by atoms with Crippen molar-refractivity contribution in [2.75, 3.05) is 6.61 Å². The van der Waals surface area contributed by atoms with Gasteiger partial charge in [-0.1, -0.05) is 0 Å². The van der Waals surface area contributed by atoms with Gasteiger partial charge in [-0.3, -0.25) is 0 Å². The van der Waals surface area contributed by atoms with Crippen molar-refractivity contribution in [1.82, 2.24) is 0 Å². The first-order chi connectivity index (χ1) is 4.16. The van der Waals surface area contributed by atoms with Gasteiger partial charge in [0.25, 0.3) is 0 Å². The van der Waals surface area contributed by atoms with Crippen molar-refractivity contribution < 1.29 is 9.53 Å². The Hall–Kier alpha value is 0.359. The summed E-state index contributed by atoms with van der Waals surface area (Å²) in [6, 6.07) is 0. The Morgan fingerprint density at radius 2 is 2.33 bits per heavy atom. The van der Waals surface area contributed by atoms with Crippen LogP contribution in [0, 0.1) is 0 Å². The van der Waals surface area contributed by atoms with Crippen LogP contribution in [0.5, 0.6) is 0 Å². The number of rotatable bonds is 3. The quantitative estimate of drug-likeness (QED) is 0.553. The summed E-state index contributed by atoms with van der Waals surface area (Å²) in [5.41, 5.74) is 0. The molecule has 9 heavy (non-hydrogen) atoms. The molecule has 0 aromatic heterocycles. The van der Waals surface area contributed by atoms with Crippen molar-refractivity contribution in [2.45, 2.75) is 13.3 Å². The Labute approximate surface area is 73.0 Å². The molecular weight excluding hydrogens is 243 g/mol. The predicted molar refractivity (Wildman–Crippen MR) is 40.0 cm³/mol. The molecule has 2 nitrogen and oxygen atoms in total. The van der Waals surface area contributed by atoms with Gasteiger partial charge in [0.1, 0.15) is 0 Å². The second-order valence-electron chi connectivity index (χ2n) is 1.47. The zero-order valence-corrected chi connectivity index (χ0v) is 8.81. The molecule has 49 valence electrons. The summed E-state index contributed by atoms with van der Waals surface area (Å²) >= 11 is 5.59. The second kappa shape index (κ2) is 5.17. The van der Waals surface area contributed by atoms with Gasteiger partial charge >= 0.3 is 73.1 Å². The third-order valence-corrected chi connectivity index (χ3v) is 1.58. The Kier molecular flexibility index (Phi) is 5.37. The SMILES string of the molecule is CCC(=S)CO[C](=O)[Sn]. The van der Waals surface area contributed by atoms with E-state index < -0.39 is 0 Å². The van der Waals surface area contributed by atoms with E-state index in [1.54, 1.807) is 0 Å². The average molecular weight is 250 g/mol. The van der Waals surface area contributed by atoms with Gasteiger partial charge in [-0.15, -0.1) is 0 Å². The van der Waals surface area contributed by atoms with Crippen LogP contribution in [0.25, 0.3) is 0 Å². The van der Waals surface area contributed by atoms with E-state index in [1.807, 2.05) is 6.92 Å². The maximum absolute atomic E-state index is 10.2. The van der Waals surface area contributed by atoms with Crippen molar-refractivity contribution >= 4 is 43.6 Å². The molecule has 0 rings (SSSR count). The predicted octanol–water partition coefficient (Wildman–Crippen LogP) is 1.07. The Bertz CT molecular complexity index is 124. The summed E-state index contributed by atoms with van der Waals surface area (Å²) in [7, 11) is 0. The summed E-state index contributed by atoms with van der Waals surface area (Å²) in [5, 5.41) is 0. The Morgan fingerprint density at radius 1 is 1.78 bits per heavy atom. The molecule has 0 fully saturated rings. The molecule has 0 amide bonds. The van der Waals surface area contributed by atoms with Crippen LogP contribution in [0.15, 0.2) is 0 Å². The number of hydrogen-bond acceptors (Lipinski definition) is 3. The fourth-order valence-corrected chi connectivity index (χ4v) is 0.513. The van der Waals surface area contributed by atoms with Gasteiger partial charge in [0.15, 0.2) is 0 Å². The number of thiocarbonyl (C=S) groups is 1. The van der Waals surface area contributed by atoms with Gasteiger partial charge in [0.2, 0.25) is 0 Å². The van der Waals surface area contributed by atoms with Crippen molar-refractivity contribution in [2.24, 2.45) is 0 Å². The second-order valence-corrected chi connectivity index (χ2v) is 3.21. The monoisotopic (exact) mass is 251 g/mol. The molecular formula is C5H7O2SSn. The van der Waals surface area contributed by atoms with Gasteiger partial charge in [-0.05, 0) is 0 Å². The molecule has 0 aliphatic heterocycles. The summed E-state index contributed by atoms with van der Waals surface area (Å²) in [6.07, 6.45) is 0.804. The third kappa shape index (κ3) is 6.24. The number of ether oxygens (including phenoxy) is 1. The molecule has 0 aliphatic carbocycles. The maximum atomic E-state index is 10.2. The molecule has 0 atom stereocenters. The first kappa shape index (κ1) is 9.36. The molecule has 0 saturated carbocycles. The molecule has 0 spiro atoms. The molecule has 4 heteroatoms. The van der Waals surface area contributed by atoms with Crippen LogP contribution in [0.2, 0.25) is 0 Å². The molecule has 0 aromatic rings. The van der Waals surface area contributed by atoms with Gasteiger partial charge in [-0.2, -0.15) is 0 Å². The average Bonchev–Trinajstić information content (AvgIpc) is 1.83.